The second kappa shape index (κ2) is 12.8. The number of sulfonamides is 1. The van der Waals surface area contributed by atoms with Crippen LogP contribution in [-0.2, 0) is 33.0 Å². The summed E-state index contributed by atoms with van der Waals surface area (Å²) in [5.74, 6) is 4.17. The van der Waals surface area contributed by atoms with E-state index in [0.29, 0.717) is 58.4 Å². The van der Waals surface area contributed by atoms with E-state index < -0.39 is 39.9 Å². The van der Waals surface area contributed by atoms with Gasteiger partial charge in [-0.2, -0.15) is 5.10 Å². The maximum Gasteiger partial charge on any atom is 0.260 e. The van der Waals surface area contributed by atoms with Gasteiger partial charge in [0.1, 0.15) is 17.3 Å². The molecule has 5 rings (SSSR count). The summed E-state index contributed by atoms with van der Waals surface area (Å²) in [5, 5.41) is 17.2. The van der Waals surface area contributed by atoms with Gasteiger partial charge in [0.2, 0.25) is 5.91 Å². The largest absolute Gasteiger partial charge is 0.368 e. The molecule has 1 aliphatic rings. The molecule has 0 spiro atoms. The second-order valence-electron chi connectivity index (χ2n) is 10.5. The van der Waals surface area contributed by atoms with Crippen LogP contribution >= 0.6 is 0 Å². The van der Waals surface area contributed by atoms with Gasteiger partial charge in [-0.25, -0.2) is 26.9 Å². The monoisotopic (exact) mass is 623 g/mol. The van der Waals surface area contributed by atoms with E-state index >= 15 is 0 Å². The fraction of sp³-hybridized carbons (Fsp3) is 0.323. The molecule has 0 unspecified atom stereocenters. The average Bonchev–Trinajstić information content (AvgIpc) is 3.32. The lowest BCUT2D eigenvalue weighted by molar-refractivity contribution is -0.131. The zero-order valence-electron chi connectivity index (χ0n) is 24.3. The van der Waals surface area contributed by atoms with Gasteiger partial charge in [-0.1, -0.05) is 18.1 Å². The number of rotatable bonds is 7. The number of halogens is 2. The third kappa shape index (κ3) is 6.79. The van der Waals surface area contributed by atoms with Gasteiger partial charge in [0.05, 0.1) is 23.9 Å². The van der Waals surface area contributed by atoms with Crippen molar-refractivity contribution in [2.45, 2.75) is 43.5 Å². The van der Waals surface area contributed by atoms with Crippen LogP contribution < -0.4 is 10.0 Å². The third-order valence-corrected chi connectivity index (χ3v) is 8.65. The number of hydrogen-bond acceptors (Lipinski definition) is 7. The number of para-hydroxylation sites is 1. The Hall–Kier alpha value is -4.22. The van der Waals surface area contributed by atoms with Crippen molar-refractivity contribution in [3.8, 4) is 23.0 Å². The van der Waals surface area contributed by atoms with E-state index in [1.165, 1.54) is 30.8 Å². The SMILES string of the molecule is CNS(=O)(=O)c1nn(C)c2c(-c3ccc(C#C[C@H]4CCO[C@H](O)C4)nc3[C@H](Cc3cc(F)cc(F)c3)NC(C)=O)cccc12. The number of nitrogens with zero attached hydrogens (tertiary/aromatic N) is 3. The van der Waals surface area contributed by atoms with Gasteiger partial charge in [-0.15, -0.1) is 0 Å². The number of aliphatic hydroxyl groups is 1. The Bertz CT molecular complexity index is 1880. The Kier molecular flexibility index (Phi) is 9.07. The average molecular weight is 624 g/mol. The zero-order chi connectivity index (χ0) is 31.6. The van der Waals surface area contributed by atoms with Crippen LogP contribution in [0.4, 0.5) is 8.78 Å². The molecule has 3 atom stereocenters. The van der Waals surface area contributed by atoms with E-state index in [1.807, 2.05) is 0 Å². The summed E-state index contributed by atoms with van der Waals surface area (Å²) in [7, 11) is -0.970. The molecule has 1 aliphatic heterocycles. The molecule has 0 bridgehead atoms. The van der Waals surface area contributed by atoms with Crippen LogP contribution in [0.3, 0.4) is 0 Å². The molecule has 2 aromatic carbocycles. The fourth-order valence-electron chi connectivity index (χ4n) is 5.36. The standard InChI is InChI=1S/C31H31F2N5O5S/c1-18(39)35-27(15-20-13-21(32)17-22(33)14-20)29-24(10-9-23(36-29)8-7-19-11-12-43-28(40)16-19)25-5-4-6-26-30(25)38(3)37-31(26)44(41,42)34-2/h4-6,9-10,13-14,17,19,27-28,34,40H,11-12,15-16H2,1-3H3,(H,35,39)/t19-,27-,28-/m0/s1. The van der Waals surface area contributed by atoms with Crippen molar-refractivity contribution < 1.29 is 31.8 Å². The molecule has 1 saturated heterocycles. The number of amides is 1. The summed E-state index contributed by atoms with van der Waals surface area (Å²) in [6.45, 7) is 1.71. The number of pyridine rings is 1. The number of nitrogens with one attached hydrogen (secondary N) is 2. The van der Waals surface area contributed by atoms with E-state index in [4.69, 9.17) is 9.72 Å². The van der Waals surface area contributed by atoms with E-state index in [2.05, 4.69) is 27.0 Å². The molecule has 1 amide bonds. The Labute approximate surface area is 253 Å². The molecular formula is C31H31F2N5O5S. The minimum absolute atomic E-state index is 0.00194. The maximum absolute atomic E-state index is 14.2. The molecule has 3 heterocycles. The number of benzene rings is 2. The molecule has 0 saturated carbocycles. The highest BCUT2D eigenvalue weighted by Gasteiger charge is 2.26. The second-order valence-corrected chi connectivity index (χ2v) is 12.3. The third-order valence-electron chi connectivity index (χ3n) is 7.31. The van der Waals surface area contributed by atoms with Gasteiger partial charge in [0, 0.05) is 48.9 Å². The summed E-state index contributed by atoms with van der Waals surface area (Å²) in [6, 6.07) is 10.9. The van der Waals surface area contributed by atoms with E-state index in [0.717, 1.165) is 6.07 Å². The Balaban J connectivity index is 1.70. The molecule has 3 N–H and O–H groups in total. The number of carbonyl (C=O) groups excluding carboxylic acids is 1. The van der Waals surface area contributed by atoms with E-state index in [9.17, 15) is 27.1 Å². The normalized spacial score (nSPS) is 17.6. The van der Waals surface area contributed by atoms with Gasteiger partial charge in [0.25, 0.3) is 10.0 Å². The first-order valence-electron chi connectivity index (χ1n) is 13.9. The maximum atomic E-state index is 14.2. The van der Waals surface area contributed by atoms with Crippen LogP contribution in [0.15, 0.2) is 53.6 Å². The van der Waals surface area contributed by atoms with Crippen molar-refractivity contribution in [2.24, 2.45) is 13.0 Å². The molecule has 1 fully saturated rings. The first kappa shape index (κ1) is 31.2. The van der Waals surface area contributed by atoms with Gasteiger partial charge in [-0.3, -0.25) is 9.48 Å². The number of fused-ring (bicyclic) bond motifs is 1. The minimum atomic E-state index is -3.89. The van der Waals surface area contributed by atoms with Crippen molar-refractivity contribution in [3.05, 3.63) is 77.1 Å². The number of ether oxygens (including phenoxy) is 1. The predicted molar refractivity (Wildman–Crippen MR) is 158 cm³/mol. The number of hydrogen-bond donors (Lipinski definition) is 3. The smallest absolute Gasteiger partial charge is 0.260 e. The zero-order valence-corrected chi connectivity index (χ0v) is 25.1. The summed E-state index contributed by atoms with van der Waals surface area (Å²) in [5.41, 5.74) is 2.64. The van der Waals surface area contributed by atoms with Crippen LogP contribution in [0.25, 0.3) is 22.0 Å². The molecular weight excluding hydrogens is 592 g/mol. The van der Waals surface area contributed by atoms with Crippen molar-refractivity contribution in [1.29, 1.82) is 0 Å². The van der Waals surface area contributed by atoms with Crippen LogP contribution in [0.2, 0.25) is 0 Å². The molecule has 0 radical (unpaired) electrons. The first-order valence-corrected chi connectivity index (χ1v) is 15.4. The topological polar surface area (TPSA) is 135 Å². The van der Waals surface area contributed by atoms with Crippen molar-refractivity contribution in [2.75, 3.05) is 13.7 Å². The summed E-state index contributed by atoms with van der Waals surface area (Å²) in [4.78, 5) is 17.2. The summed E-state index contributed by atoms with van der Waals surface area (Å²) >= 11 is 0. The highest BCUT2D eigenvalue weighted by Crippen LogP contribution is 2.36. The van der Waals surface area contributed by atoms with Crippen LogP contribution in [0, 0.1) is 29.4 Å². The van der Waals surface area contributed by atoms with Crippen LogP contribution in [0.5, 0.6) is 0 Å². The van der Waals surface area contributed by atoms with Gasteiger partial charge in [0.15, 0.2) is 11.3 Å². The molecule has 10 nitrogen and oxygen atoms in total. The van der Waals surface area contributed by atoms with Gasteiger partial charge >= 0.3 is 0 Å². The summed E-state index contributed by atoms with van der Waals surface area (Å²) in [6.07, 6.45) is 0.117. The lowest BCUT2D eigenvalue weighted by Gasteiger charge is -2.22. The van der Waals surface area contributed by atoms with E-state index in [1.54, 1.807) is 37.4 Å². The molecule has 4 aromatic rings. The van der Waals surface area contributed by atoms with Crippen LogP contribution in [0.1, 0.15) is 42.8 Å². The van der Waals surface area contributed by atoms with Crippen molar-refractivity contribution in [1.82, 2.24) is 24.8 Å². The highest BCUT2D eigenvalue weighted by atomic mass is 32.2. The highest BCUT2D eigenvalue weighted by molar-refractivity contribution is 7.89. The molecule has 230 valence electrons. The summed E-state index contributed by atoms with van der Waals surface area (Å²) < 4.78 is 62.7. The predicted octanol–water partition coefficient (Wildman–Crippen LogP) is 3.34. The van der Waals surface area contributed by atoms with Crippen LogP contribution in [-0.4, -0.2) is 54.1 Å². The lowest BCUT2D eigenvalue weighted by Crippen LogP contribution is -2.29. The molecule has 0 aliphatic carbocycles. The number of aliphatic hydroxyl groups excluding tert-OH is 1. The first-order chi connectivity index (χ1) is 20.9. The van der Waals surface area contributed by atoms with Crippen molar-refractivity contribution >= 4 is 26.8 Å². The number of aromatic nitrogens is 3. The molecule has 2 aromatic heterocycles. The molecule has 44 heavy (non-hydrogen) atoms. The lowest BCUT2D eigenvalue weighted by atomic mass is 9.93. The number of carbonyl (C=O) groups is 1. The van der Waals surface area contributed by atoms with E-state index in [-0.39, 0.29) is 17.4 Å². The van der Waals surface area contributed by atoms with Gasteiger partial charge < -0.3 is 15.2 Å². The molecule has 13 heteroatoms. The van der Waals surface area contributed by atoms with Crippen molar-refractivity contribution in [3.63, 3.8) is 0 Å². The van der Waals surface area contributed by atoms with Gasteiger partial charge in [-0.05, 0) is 61.7 Å². The minimum Gasteiger partial charge on any atom is -0.368 e. The Morgan fingerprint density at radius 1 is 1.18 bits per heavy atom. The quantitative estimate of drug-likeness (QED) is 0.269. The number of aryl methyl sites for hydroxylation is 1. The Morgan fingerprint density at radius 2 is 1.93 bits per heavy atom. The fourth-order valence-corrected chi connectivity index (χ4v) is 6.24. The Morgan fingerprint density at radius 3 is 2.61 bits per heavy atom.